The van der Waals surface area contributed by atoms with E-state index in [-0.39, 0.29) is 5.69 Å². The third kappa shape index (κ3) is 4.16. The van der Waals surface area contributed by atoms with Crippen molar-refractivity contribution in [2.24, 2.45) is 5.10 Å². The van der Waals surface area contributed by atoms with Crippen molar-refractivity contribution in [1.82, 2.24) is 15.2 Å². The topological polar surface area (TPSA) is 72.4 Å². The van der Waals surface area contributed by atoms with E-state index in [9.17, 15) is 4.79 Å². The van der Waals surface area contributed by atoms with Crippen LogP contribution in [0.2, 0.25) is 0 Å². The van der Waals surface area contributed by atoms with Crippen LogP contribution in [-0.2, 0) is 0 Å². The highest BCUT2D eigenvalue weighted by Crippen LogP contribution is 2.25. The van der Waals surface area contributed by atoms with Crippen molar-refractivity contribution >= 4 is 12.1 Å². The molecule has 0 aliphatic carbocycles. The van der Waals surface area contributed by atoms with Crippen molar-refractivity contribution in [2.75, 3.05) is 0 Å². The van der Waals surface area contributed by atoms with E-state index in [0.717, 1.165) is 22.5 Å². The molecule has 0 bridgehead atoms. The normalized spacial score (nSPS) is 11.1. The Morgan fingerprint density at radius 2 is 1.72 bits per heavy atom. The maximum absolute atomic E-state index is 12.6. The minimum absolute atomic E-state index is 0.276. The van der Waals surface area contributed by atoms with Crippen molar-refractivity contribution in [3.63, 3.8) is 0 Å². The molecule has 0 saturated carbocycles. The van der Waals surface area contributed by atoms with E-state index in [1.165, 1.54) is 11.8 Å². The summed E-state index contributed by atoms with van der Waals surface area (Å²) in [6.07, 6.45) is 2.98. The van der Waals surface area contributed by atoms with Crippen LogP contribution in [0.1, 0.15) is 27.4 Å². The van der Waals surface area contributed by atoms with Crippen molar-refractivity contribution in [1.29, 1.82) is 0 Å². The fourth-order valence-corrected chi connectivity index (χ4v) is 2.88. The molecule has 144 valence electrons. The molecular weight excluding hydrogens is 364 g/mol. The third-order valence-electron chi connectivity index (χ3n) is 4.47. The first-order valence-corrected chi connectivity index (χ1v) is 9.21. The summed E-state index contributed by atoms with van der Waals surface area (Å²) in [6, 6.07) is 21.4. The summed E-state index contributed by atoms with van der Waals surface area (Å²) < 4.78 is 6.93. The lowest BCUT2D eigenvalue weighted by molar-refractivity contribution is 0.0949. The van der Waals surface area contributed by atoms with Crippen molar-refractivity contribution in [3.8, 4) is 16.9 Å². The molecule has 6 heteroatoms. The number of nitrogens with one attached hydrogen (secondary N) is 1. The summed E-state index contributed by atoms with van der Waals surface area (Å²) in [5.74, 6) is 0.155. The fourth-order valence-electron chi connectivity index (χ4n) is 2.88. The van der Waals surface area contributed by atoms with Crippen molar-refractivity contribution in [3.05, 3.63) is 95.6 Å². The van der Waals surface area contributed by atoms with E-state index in [1.54, 1.807) is 29.1 Å². The number of aromatic nitrogens is 2. The molecule has 0 spiro atoms. The predicted molar refractivity (Wildman–Crippen MR) is 112 cm³/mol. The second kappa shape index (κ2) is 7.98. The first-order valence-electron chi connectivity index (χ1n) is 9.21. The Labute approximate surface area is 168 Å². The molecule has 2 heterocycles. The number of hydrazone groups is 1. The molecule has 1 N–H and O–H groups in total. The van der Waals surface area contributed by atoms with E-state index in [1.807, 2.05) is 62.4 Å². The molecule has 4 rings (SSSR count). The molecule has 1 amide bonds. The fraction of sp³-hybridized carbons (Fsp3) is 0.0870. The van der Waals surface area contributed by atoms with Crippen LogP contribution in [0.3, 0.4) is 0 Å². The first-order chi connectivity index (χ1) is 14.1. The molecule has 2 aromatic heterocycles. The molecule has 0 aliphatic heterocycles. The average Bonchev–Trinajstić information content (AvgIpc) is 3.39. The zero-order chi connectivity index (χ0) is 20.2. The summed E-state index contributed by atoms with van der Waals surface area (Å²) in [5, 5.41) is 8.46. The SMILES string of the molecule is Cc1ccc(-c2cc(C(=O)N/N=C\c3ccco3)nn2-c2ccc(C)cc2)cc1. The van der Waals surface area contributed by atoms with Gasteiger partial charge in [-0.1, -0.05) is 47.5 Å². The molecule has 29 heavy (non-hydrogen) atoms. The van der Waals surface area contributed by atoms with Crippen LogP contribution in [0.5, 0.6) is 0 Å². The summed E-state index contributed by atoms with van der Waals surface area (Å²) >= 11 is 0. The number of benzene rings is 2. The Bertz CT molecular complexity index is 1080. The number of amides is 1. The number of hydrogen-bond acceptors (Lipinski definition) is 4. The molecule has 4 aromatic rings. The standard InChI is InChI=1S/C23H20N4O2/c1-16-5-9-18(10-6-16)22-14-21(23(28)25-24-15-20-4-3-13-29-20)26-27(22)19-11-7-17(2)8-12-19/h3-15H,1-2H3,(H,25,28)/b24-15-. The summed E-state index contributed by atoms with van der Waals surface area (Å²) in [7, 11) is 0. The van der Waals surface area contributed by atoms with Crippen molar-refractivity contribution < 1.29 is 9.21 Å². The average molecular weight is 384 g/mol. The Hall–Kier alpha value is -3.93. The van der Waals surface area contributed by atoms with Gasteiger partial charge < -0.3 is 4.42 Å². The highest BCUT2D eigenvalue weighted by Gasteiger charge is 2.16. The Kier molecular flexibility index (Phi) is 5.07. The molecule has 0 saturated heterocycles. The van der Waals surface area contributed by atoms with E-state index < -0.39 is 5.91 Å². The van der Waals surface area contributed by atoms with Gasteiger partial charge in [0.2, 0.25) is 0 Å². The van der Waals surface area contributed by atoms with Crippen LogP contribution < -0.4 is 5.43 Å². The van der Waals surface area contributed by atoms with Gasteiger partial charge in [0.05, 0.1) is 23.9 Å². The minimum atomic E-state index is -0.396. The second-order valence-corrected chi connectivity index (χ2v) is 6.74. The van der Waals surface area contributed by atoms with Gasteiger partial charge in [0.15, 0.2) is 5.69 Å². The second-order valence-electron chi connectivity index (χ2n) is 6.74. The van der Waals surface area contributed by atoms with Gasteiger partial charge in [-0.15, -0.1) is 0 Å². The summed E-state index contributed by atoms with van der Waals surface area (Å²) in [6.45, 7) is 4.07. The first kappa shape index (κ1) is 18.4. The maximum atomic E-state index is 12.6. The number of nitrogens with zero attached hydrogens (tertiary/aromatic N) is 3. The van der Waals surface area contributed by atoms with Gasteiger partial charge in [0, 0.05) is 5.56 Å². The monoisotopic (exact) mass is 384 g/mol. The molecule has 0 fully saturated rings. The zero-order valence-corrected chi connectivity index (χ0v) is 16.2. The molecule has 0 unspecified atom stereocenters. The van der Waals surface area contributed by atoms with E-state index in [2.05, 4.69) is 15.6 Å². The van der Waals surface area contributed by atoms with Crippen molar-refractivity contribution in [2.45, 2.75) is 13.8 Å². The van der Waals surface area contributed by atoms with E-state index in [0.29, 0.717) is 5.76 Å². The lowest BCUT2D eigenvalue weighted by Gasteiger charge is -2.08. The van der Waals surface area contributed by atoms with Gasteiger partial charge in [-0.2, -0.15) is 10.2 Å². The Morgan fingerprint density at radius 3 is 2.38 bits per heavy atom. The van der Waals surface area contributed by atoms with Gasteiger partial charge in [0.1, 0.15) is 5.76 Å². The lowest BCUT2D eigenvalue weighted by Crippen LogP contribution is -2.18. The van der Waals surface area contributed by atoms with Crippen LogP contribution in [0.25, 0.3) is 16.9 Å². The number of carbonyl (C=O) groups excluding carboxylic acids is 1. The van der Waals surface area contributed by atoms with Crippen LogP contribution in [-0.4, -0.2) is 21.9 Å². The number of rotatable bonds is 5. The Balaban J connectivity index is 1.67. The predicted octanol–water partition coefficient (Wildman–Crippen LogP) is 4.51. The van der Waals surface area contributed by atoms with Gasteiger partial charge in [-0.25, -0.2) is 10.1 Å². The highest BCUT2D eigenvalue weighted by molar-refractivity contribution is 5.94. The van der Waals surface area contributed by atoms with Crippen LogP contribution >= 0.6 is 0 Å². The van der Waals surface area contributed by atoms with Crippen LogP contribution in [0, 0.1) is 13.8 Å². The molecule has 0 radical (unpaired) electrons. The Morgan fingerprint density at radius 1 is 1.03 bits per heavy atom. The smallest absolute Gasteiger partial charge is 0.291 e. The highest BCUT2D eigenvalue weighted by atomic mass is 16.3. The molecule has 6 nitrogen and oxygen atoms in total. The van der Waals surface area contributed by atoms with Crippen LogP contribution in [0.4, 0.5) is 0 Å². The van der Waals surface area contributed by atoms with E-state index in [4.69, 9.17) is 4.42 Å². The van der Waals surface area contributed by atoms with Gasteiger partial charge in [0.25, 0.3) is 5.91 Å². The quantitative estimate of drug-likeness (QED) is 0.406. The van der Waals surface area contributed by atoms with Gasteiger partial charge in [-0.3, -0.25) is 4.79 Å². The molecular formula is C23H20N4O2. The molecule has 0 atom stereocenters. The number of carbonyl (C=O) groups is 1. The lowest BCUT2D eigenvalue weighted by atomic mass is 10.1. The summed E-state index contributed by atoms with van der Waals surface area (Å²) in [5.41, 5.74) is 7.77. The molecule has 0 aliphatic rings. The number of hydrogen-bond donors (Lipinski definition) is 1. The third-order valence-corrected chi connectivity index (χ3v) is 4.47. The van der Waals surface area contributed by atoms with Crippen LogP contribution in [0.15, 0.2) is 82.5 Å². The molecule has 2 aromatic carbocycles. The largest absolute Gasteiger partial charge is 0.463 e. The zero-order valence-electron chi connectivity index (χ0n) is 16.2. The van der Waals surface area contributed by atoms with Gasteiger partial charge in [-0.05, 0) is 44.2 Å². The maximum Gasteiger partial charge on any atom is 0.291 e. The summed E-state index contributed by atoms with van der Waals surface area (Å²) in [4.78, 5) is 12.6. The van der Waals surface area contributed by atoms with E-state index >= 15 is 0 Å². The van der Waals surface area contributed by atoms with Gasteiger partial charge >= 0.3 is 0 Å². The number of furan rings is 1. The number of aryl methyl sites for hydroxylation is 2. The minimum Gasteiger partial charge on any atom is -0.463 e.